The molecule has 0 radical (unpaired) electrons. The summed E-state index contributed by atoms with van der Waals surface area (Å²) in [5, 5.41) is 5.75. The van der Waals surface area contributed by atoms with E-state index in [1.165, 1.54) is 11.3 Å². The van der Waals surface area contributed by atoms with Crippen LogP contribution >= 0.6 is 0 Å². The summed E-state index contributed by atoms with van der Waals surface area (Å²) in [4.78, 5) is 14.2. The van der Waals surface area contributed by atoms with Crippen LogP contribution in [0.25, 0.3) is 0 Å². The van der Waals surface area contributed by atoms with Gasteiger partial charge >= 0.3 is 6.03 Å². The van der Waals surface area contributed by atoms with Crippen molar-refractivity contribution in [2.24, 2.45) is 0 Å². The van der Waals surface area contributed by atoms with Gasteiger partial charge in [-0.3, -0.25) is 0 Å². The molecule has 2 N–H and O–H groups in total. The molecule has 2 amide bonds. The van der Waals surface area contributed by atoms with E-state index in [1.54, 1.807) is 0 Å². The highest BCUT2D eigenvalue weighted by atomic mass is 16.6. The summed E-state index contributed by atoms with van der Waals surface area (Å²) in [6.45, 7) is 5.91. The van der Waals surface area contributed by atoms with Gasteiger partial charge in [-0.25, -0.2) is 4.79 Å². The van der Waals surface area contributed by atoms with Crippen molar-refractivity contribution in [3.05, 3.63) is 29.8 Å². The first-order chi connectivity index (χ1) is 11.2. The van der Waals surface area contributed by atoms with Gasteiger partial charge in [0, 0.05) is 31.4 Å². The van der Waals surface area contributed by atoms with Crippen LogP contribution in [-0.2, 0) is 15.9 Å². The first-order valence-electron chi connectivity index (χ1n) is 8.29. The van der Waals surface area contributed by atoms with Gasteiger partial charge in [0.2, 0.25) is 0 Å². The number of rotatable bonds is 5. The molecule has 23 heavy (non-hydrogen) atoms. The molecule has 1 aromatic carbocycles. The van der Waals surface area contributed by atoms with Gasteiger partial charge in [-0.2, -0.15) is 0 Å². The molecular formula is C17H25N3O3. The summed E-state index contributed by atoms with van der Waals surface area (Å²) in [6, 6.07) is 8.80. The van der Waals surface area contributed by atoms with E-state index in [1.807, 2.05) is 0 Å². The zero-order valence-corrected chi connectivity index (χ0v) is 13.6. The Bertz CT molecular complexity index is 532. The van der Waals surface area contributed by atoms with Crippen LogP contribution in [0.3, 0.4) is 0 Å². The highest BCUT2D eigenvalue weighted by Crippen LogP contribution is 2.31. The van der Waals surface area contributed by atoms with Crippen molar-refractivity contribution in [2.45, 2.75) is 25.5 Å². The van der Waals surface area contributed by atoms with Gasteiger partial charge in [0.25, 0.3) is 0 Å². The lowest BCUT2D eigenvalue weighted by Gasteiger charge is -2.25. The fraction of sp³-hybridized carbons (Fsp3) is 0.588. The number of fused-ring (bicyclic) bond motifs is 1. The maximum atomic E-state index is 11.8. The molecule has 3 rings (SSSR count). The first-order valence-corrected chi connectivity index (χ1v) is 8.29. The molecule has 0 saturated carbocycles. The van der Waals surface area contributed by atoms with Gasteiger partial charge in [-0.1, -0.05) is 18.2 Å². The van der Waals surface area contributed by atoms with Crippen molar-refractivity contribution < 1.29 is 14.3 Å². The molecular weight excluding hydrogens is 294 g/mol. The SMILES string of the molecule is C[C@H]1Cc2ccccc2N1CCNC(=O)NC[C@H]1COCCO1. The minimum absolute atomic E-state index is 0.0417. The highest BCUT2D eigenvalue weighted by Gasteiger charge is 2.24. The second-order valence-corrected chi connectivity index (χ2v) is 6.08. The van der Waals surface area contributed by atoms with Crippen LogP contribution < -0.4 is 15.5 Å². The van der Waals surface area contributed by atoms with Crippen LogP contribution in [-0.4, -0.2) is 57.6 Å². The van der Waals surface area contributed by atoms with Gasteiger partial charge in [0.15, 0.2) is 0 Å². The predicted octanol–water partition coefficient (Wildman–Crippen LogP) is 1.15. The molecule has 2 atom stereocenters. The standard InChI is InChI=1S/C17H25N3O3/c1-13-10-14-4-2-3-5-16(14)20(13)7-6-18-17(21)19-11-15-12-22-8-9-23-15/h2-5,13,15H,6-12H2,1H3,(H2,18,19,21)/t13-,15-/m0/s1. The Morgan fingerprint density at radius 3 is 3.00 bits per heavy atom. The lowest BCUT2D eigenvalue weighted by Crippen LogP contribution is -2.45. The van der Waals surface area contributed by atoms with Crippen molar-refractivity contribution in [3.63, 3.8) is 0 Å². The van der Waals surface area contributed by atoms with Crippen molar-refractivity contribution in [1.29, 1.82) is 0 Å². The van der Waals surface area contributed by atoms with Crippen LogP contribution in [0.1, 0.15) is 12.5 Å². The third-order valence-corrected chi connectivity index (χ3v) is 4.36. The predicted molar refractivity (Wildman–Crippen MR) is 88.9 cm³/mol. The van der Waals surface area contributed by atoms with Crippen molar-refractivity contribution >= 4 is 11.7 Å². The lowest BCUT2D eigenvalue weighted by molar-refractivity contribution is -0.0853. The Morgan fingerprint density at radius 1 is 1.30 bits per heavy atom. The van der Waals surface area contributed by atoms with Crippen LogP contribution in [0.4, 0.5) is 10.5 Å². The maximum Gasteiger partial charge on any atom is 0.314 e. The van der Waals surface area contributed by atoms with Crippen LogP contribution in [0.5, 0.6) is 0 Å². The molecule has 0 aromatic heterocycles. The number of nitrogens with one attached hydrogen (secondary N) is 2. The zero-order chi connectivity index (χ0) is 16.1. The Morgan fingerprint density at radius 2 is 2.17 bits per heavy atom. The Balaban J connectivity index is 1.38. The summed E-state index contributed by atoms with van der Waals surface area (Å²) in [7, 11) is 0. The van der Waals surface area contributed by atoms with E-state index in [-0.39, 0.29) is 12.1 Å². The molecule has 1 fully saturated rings. The average molecular weight is 319 g/mol. The second-order valence-electron chi connectivity index (χ2n) is 6.08. The van der Waals surface area contributed by atoms with E-state index in [0.717, 1.165) is 13.0 Å². The number of hydrogen-bond acceptors (Lipinski definition) is 4. The van der Waals surface area contributed by atoms with Crippen LogP contribution in [0.15, 0.2) is 24.3 Å². The number of ether oxygens (including phenoxy) is 2. The second kappa shape index (κ2) is 7.66. The van der Waals surface area contributed by atoms with Gasteiger partial charge in [0.05, 0.1) is 25.9 Å². The van der Waals surface area contributed by atoms with Gasteiger partial charge in [0.1, 0.15) is 0 Å². The summed E-state index contributed by atoms with van der Waals surface area (Å²) in [6.07, 6.45) is 1.03. The molecule has 2 aliphatic rings. The molecule has 0 aliphatic carbocycles. The fourth-order valence-electron chi connectivity index (χ4n) is 3.18. The minimum Gasteiger partial charge on any atom is -0.376 e. The molecule has 6 heteroatoms. The number of amides is 2. The quantitative estimate of drug-likeness (QED) is 0.855. The molecule has 1 saturated heterocycles. The lowest BCUT2D eigenvalue weighted by atomic mass is 10.1. The van der Waals surface area contributed by atoms with E-state index in [9.17, 15) is 4.79 Å². The average Bonchev–Trinajstić information content (AvgIpc) is 2.90. The molecule has 0 bridgehead atoms. The van der Waals surface area contributed by atoms with Gasteiger partial charge in [-0.05, 0) is 25.0 Å². The molecule has 0 spiro atoms. The van der Waals surface area contributed by atoms with Crippen molar-refractivity contribution in [1.82, 2.24) is 10.6 Å². The first kappa shape index (κ1) is 16.1. The van der Waals surface area contributed by atoms with E-state index >= 15 is 0 Å². The minimum atomic E-state index is -0.153. The van der Waals surface area contributed by atoms with Crippen LogP contribution in [0.2, 0.25) is 0 Å². The molecule has 126 valence electrons. The fourth-order valence-corrected chi connectivity index (χ4v) is 3.18. The topological polar surface area (TPSA) is 62.8 Å². The van der Waals surface area contributed by atoms with Gasteiger partial charge < -0.3 is 25.0 Å². The molecule has 1 aromatic rings. The van der Waals surface area contributed by atoms with Crippen LogP contribution in [0, 0.1) is 0 Å². The summed E-state index contributed by atoms with van der Waals surface area (Å²) in [5.74, 6) is 0. The molecule has 2 heterocycles. The number of carbonyl (C=O) groups is 1. The monoisotopic (exact) mass is 319 g/mol. The van der Waals surface area contributed by atoms with Gasteiger partial charge in [-0.15, -0.1) is 0 Å². The number of anilines is 1. The number of para-hydroxylation sites is 1. The summed E-state index contributed by atoms with van der Waals surface area (Å²) < 4.78 is 10.8. The van der Waals surface area contributed by atoms with E-state index in [4.69, 9.17) is 9.47 Å². The highest BCUT2D eigenvalue weighted by molar-refractivity contribution is 5.73. The maximum absolute atomic E-state index is 11.8. The summed E-state index contributed by atoms with van der Waals surface area (Å²) in [5.41, 5.74) is 2.67. The third-order valence-electron chi connectivity index (χ3n) is 4.36. The Labute approximate surface area is 137 Å². The van der Waals surface area contributed by atoms with E-state index in [2.05, 4.69) is 46.7 Å². The Kier molecular flexibility index (Phi) is 5.35. The Hall–Kier alpha value is -1.79. The van der Waals surface area contributed by atoms with Crippen molar-refractivity contribution in [3.8, 4) is 0 Å². The van der Waals surface area contributed by atoms with Crippen molar-refractivity contribution in [2.75, 3.05) is 44.4 Å². The smallest absolute Gasteiger partial charge is 0.314 e. The zero-order valence-electron chi connectivity index (χ0n) is 13.6. The summed E-state index contributed by atoms with van der Waals surface area (Å²) >= 11 is 0. The molecule has 0 unspecified atom stereocenters. The number of benzene rings is 1. The van der Waals surface area contributed by atoms with E-state index < -0.39 is 0 Å². The van der Waals surface area contributed by atoms with E-state index in [0.29, 0.717) is 39.0 Å². The normalized spacial score (nSPS) is 23.4. The molecule has 6 nitrogen and oxygen atoms in total. The number of urea groups is 1. The number of nitrogens with zero attached hydrogens (tertiary/aromatic N) is 1. The number of hydrogen-bond donors (Lipinski definition) is 2. The molecule has 2 aliphatic heterocycles. The number of carbonyl (C=O) groups excluding carboxylic acids is 1. The third kappa shape index (κ3) is 4.14. The largest absolute Gasteiger partial charge is 0.376 e.